The number of nitrogens with zero attached hydrogens (tertiary/aromatic N) is 2. The minimum Gasteiger partial charge on any atom is -0.388 e. The zero-order valence-corrected chi connectivity index (χ0v) is 14.9. The van der Waals surface area contributed by atoms with E-state index >= 15 is 0 Å². The summed E-state index contributed by atoms with van der Waals surface area (Å²) in [5.74, 6) is 0. The van der Waals surface area contributed by atoms with Crippen LogP contribution in [-0.4, -0.2) is 42.7 Å². The van der Waals surface area contributed by atoms with Crippen molar-refractivity contribution in [2.24, 2.45) is 0 Å². The van der Waals surface area contributed by atoms with Gasteiger partial charge in [0.15, 0.2) is 0 Å². The van der Waals surface area contributed by atoms with Crippen LogP contribution in [0.25, 0.3) is 0 Å². The monoisotopic (exact) mass is 344 g/mol. The van der Waals surface area contributed by atoms with Crippen molar-refractivity contribution in [1.29, 1.82) is 0 Å². The number of hydrogen-bond acceptors (Lipinski definition) is 3. The molecule has 24 heavy (non-hydrogen) atoms. The fraction of sp³-hybridized carbons (Fsp3) is 0.400. The van der Waals surface area contributed by atoms with E-state index in [0.29, 0.717) is 0 Å². The van der Waals surface area contributed by atoms with Crippen molar-refractivity contribution in [1.82, 2.24) is 4.90 Å². The Morgan fingerprint density at radius 2 is 1.67 bits per heavy atom. The molecule has 1 aliphatic rings. The second kappa shape index (κ2) is 8.02. The summed E-state index contributed by atoms with van der Waals surface area (Å²) >= 11 is 6.29. The van der Waals surface area contributed by atoms with Crippen molar-refractivity contribution >= 4 is 17.3 Å². The summed E-state index contributed by atoms with van der Waals surface area (Å²) in [5.41, 5.74) is 3.33. The predicted octanol–water partition coefficient (Wildman–Crippen LogP) is 3.89. The molecule has 0 bridgehead atoms. The summed E-state index contributed by atoms with van der Waals surface area (Å²) in [7, 11) is 0. The second-order valence-corrected chi connectivity index (χ2v) is 6.85. The molecule has 1 unspecified atom stereocenters. The Morgan fingerprint density at radius 1 is 1.00 bits per heavy atom. The van der Waals surface area contributed by atoms with Crippen molar-refractivity contribution < 1.29 is 5.11 Å². The lowest BCUT2D eigenvalue weighted by molar-refractivity contribution is 0.139. The third-order valence-electron chi connectivity index (χ3n) is 4.83. The molecule has 2 aromatic carbocycles. The van der Waals surface area contributed by atoms with Gasteiger partial charge < -0.3 is 10.0 Å². The number of rotatable bonds is 5. The summed E-state index contributed by atoms with van der Waals surface area (Å²) in [6.45, 7) is 6.94. The average molecular weight is 345 g/mol. The number of hydrogen-bond donors (Lipinski definition) is 1. The van der Waals surface area contributed by atoms with E-state index in [0.717, 1.165) is 61.0 Å². The highest BCUT2D eigenvalue weighted by Gasteiger charge is 2.19. The van der Waals surface area contributed by atoms with Crippen LogP contribution in [0.3, 0.4) is 0 Å². The highest BCUT2D eigenvalue weighted by Crippen LogP contribution is 2.26. The fourth-order valence-electron chi connectivity index (χ4n) is 3.34. The van der Waals surface area contributed by atoms with E-state index in [2.05, 4.69) is 28.9 Å². The van der Waals surface area contributed by atoms with Crippen LogP contribution in [0, 0.1) is 6.92 Å². The van der Waals surface area contributed by atoms with Crippen molar-refractivity contribution in [2.45, 2.75) is 19.4 Å². The van der Waals surface area contributed by atoms with E-state index in [1.165, 1.54) is 0 Å². The van der Waals surface area contributed by atoms with Gasteiger partial charge in [-0.05, 0) is 36.6 Å². The van der Waals surface area contributed by atoms with Gasteiger partial charge in [-0.25, -0.2) is 0 Å². The Hall–Kier alpha value is -1.55. The number of benzene rings is 2. The van der Waals surface area contributed by atoms with Gasteiger partial charge in [0.05, 0.1) is 16.8 Å². The maximum atomic E-state index is 10.4. The van der Waals surface area contributed by atoms with Crippen LogP contribution in [0.2, 0.25) is 5.02 Å². The molecule has 3 rings (SSSR count). The largest absolute Gasteiger partial charge is 0.388 e. The Bertz CT molecular complexity index is 668. The van der Waals surface area contributed by atoms with Crippen LogP contribution in [0.4, 0.5) is 5.69 Å². The molecular formula is C20H25ClN2O. The van der Waals surface area contributed by atoms with Gasteiger partial charge in [0, 0.05) is 32.7 Å². The Kier molecular flexibility index (Phi) is 5.77. The average Bonchev–Trinajstić information content (AvgIpc) is 2.61. The number of aliphatic hydroxyl groups is 1. The van der Waals surface area contributed by atoms with Gasteiger partial charge >= 0.3 is 0 Å². The van der Waals surface area contributed by atoms with Gasteiger partial charge in [-0.2, -0.15) is 0 Å². The first-order valence-electron chi connectivity index (χ1n) is 8.60. The lowest BCUT2D eigenvalue weighted by atomic mass is 10.0. The van der Waals surface area contributed by atoms with E-state index in [1.807, 2.05) is 36.4 Å². The van der Waals surface area contributed by atoms with E-state index in [4.69, 9.17) is 11.6 Å². The minimum absolute atomic E-state index is 0.382. The Labute approximate surface area is 149 Å². The maximum absolute atomic E-state index is 10.4. The summed E-state index contributed by atoms with van der Waals surface area (Å²) in [4.78, 5) is 4.77. The summed E-state index contributed by atoms with van der Waals surface area (Å²) in [5, 5.41) is 11.3. The van der Waals surface area contributed by atoms with Crippen LogP contribution >= 0.6 is 11.6 Å². The standard InChI is InChI=1S/C20H25ClN2O/c1-16-6-2-3-7-17(16)20(24)10-11-22-12-14-23(15-13-22)19-9-5-4-8-18(19)21/h2-9,20,24H,10-15H2,1H3. The molecule has 0 saturated carbocycles. The normalized spacial score (nSPS) is 17.0. The molecule has 0 radical (unpaired) electrons. The van der Waals surface area contributed by atoms with Gasteiger partial charge in [0.1, 0.15) is 0 Å². The molecular weight excluding hydrogens is 320 g/mol. The number of aliphatic hydroxyl groups excluding tert-OH is 1. The van der Waals surface area contributed by atoms with Gasteiger partial charge in [-0.1, -0.05) is 48.0 Å². The van der Waals surface area contributed by atoms with E-state index < -0.39 is 0 Å². The molecule has 1 fully saturated rings. The fourth-order valence-corrected chi connectivity index (χ4v) is 3.60. The number of halogens is 1. The van der Waals surface area contributed by atoms with Crippen LogP contribution in [0.5, 0.6) is 0 Å². The topological polar surface area (TPSA) is 26.7 Å². The number of para-hydroxylation sites is 1. The van der Waals surface area contributed by atoms with Crippen LogP contribution in [-0.2, 0) is 0 Å². The third kappa shape index (κ3) is 4.10. The molecule has 3 nitrogen and oxygen atoms in total. The summed E-state index contributed by atoms with van der Waals surface area (Å²) in [6, 6.07) is 16.1. The Balaban J connectivity index is 1.49. The van der Waals surface area contributed by atoms with E-state index in [9.17, 15) is 5.11 Å². The van der Waals surface area contributed by atoms with Crippen LogP contribution < -0.4 is 4.90 Å². The molecule has 1 heterocycles. The lowest BCUT2D eigenvalue weighted by Gasteiger charge is -2.36. The van der Waals surface area contributed by atoms with E-state index in [1.54, 1.807) is 0 Å². The third-order valence-corrected chi connectivity index (χ3v) is 5.15. The minimum atomic E-state index is -0.382. The summed E-state index contributed by atoms with van der Waals surface area (Å²) in [6.07, 6.45) is 0.393. The molecule has 4 heteroatoms. The van der Waals surface area contributed by atoms with Crippen molar-refractivity contribution in [3.05, 3.63) is 64.7 Å². The van der Waals surface area contributed by atoms with Crippen molar-refractivity contribution in [3.63, 3.8) is 0 Å². The highest BCUT2D eigenvalue weighted by molar-refractivity contribution is 6.33. The zero-order valence-electron chi connectivity index (χ0n) is 14.2. The van der Waals surface area contributed by atoms with Gasteiger partial charge in [0.2, 0.25) is 0 Å². The maximum Gasteiger partial charge on any atom is 0.0804 e. The molecule has 1 aliphatic heterocycles. The summed E-state index contributed by atoms with van der Waals surface area (Å²) < 4.78 is 0. The molecule has 0 amide bonds. The molecule has 2 aromatic rings. The molecule has 1 saturated heterocycles. The zero-order chi connectivity index (χ0) is 16.9. The second-order valence-electron chi connectivity index (χ2n) is 6.44. The molecule has 1 atom stereocenters. The SMILES string of the molecule is Cc1ccccc1C(O)CCN1CCN(c2ccccc2Cl)CC1. The molecule has 0 spiro atoms. The predicted molar refractivity (Wildman–Crippen MR) is 101 cm³/mol. The number of aryl methyl sites for hydroxylation is 1. The van der Waals surface area contributed by atoms with Gasteiger partial charge in [0.25, 0.3) is 0 Å². The van der Waals surface area contributed by atoms with Crippen LogP contribution in [0.15, 0.2) is 48.5 Å². The Morgan fingerprint density at radius 3 is 2.38 bits per heavy atom. The molecule has 1 N–H and O–H groups in total. The smallest absolute Gasteiger partial charge is 0.0804 e. The first-order valence-corrected chi connectivity index (χ1v) is 8.98. The molecule has 0 aliphatic carbocycles. The molecule has 0 aromatic heterocycles. The highest BCUT2D eigenvalue weighted by atomic mass is 35.5. The first kappa shape index (κ1) is 17.3. The van der Waals surface area contributed by atoms with Gasteiger partial charge in [-0.15, -0.1) is 0 Å². The van der Waals surface area contributed by atoms with Crippen molar-refractivity contribution in [3.8, 4) is 0 Å². The van der Waals surface area contributed by atoms with Gasteiger partial charge in [-0.3, -0.25) is 4.90 Å². The van der Waals surface area contributed by atoms with Crippen molar-refractivity contribution in [2.75, 3.05) is 37.6 Å². The van der Waals surface area contributed by atoms with Crippen LogP contribution in [0.1, 0.15) is 23.7 Å². The first-order chi connectivity index (χ1) is 11.6. The van der Waals surface area contributed by atoms with E-state index in [-0.39, 0.29) is 6.10 Å². The number of anilines is 1. The molecule has 128 valence electrons. The quantitative estimate of drug-likeness (QED) is 0.891. The lowest BCUT2D eigenvalue weighted by Crippen LogP contribution is -2.46. The number of piperazine rings is 1.